The number of rotatable bonds is 6. The van der Waals surface area contributed by atoms with Gasteiger partial charge in [-0.2, -0.15) is 0 Å². The molecule has 1 spiro atoms. The van der Waals surface area contributed by atoms with Crippen LogP contribution in [0.2, 0.25) is 0 Å². The highest BCUT2D eigenvalue weighted by molar-refractivity contribution is 5.95. The van der Waals surface area contributed by atoms with E-state index < -0.39 is 10.8 Å². The van der Waals surface area contributed by atoms with E-state index in [9.17, 15) is 0 Å². The van der Waals surface area contributed by atoms with Gasteiger partial charge < -0.3 is 0 Å². The number of fused-ring (bicyclic) bond motifs is 10. The predicted octanol–water partition coefficient (Wildman–Crippen LogP) is 11.0. The Morgan fingerprint density at radius 3 is 1.41 bits per heavy atom. The summed E-state index contributed by atoms with van der Waals surface area (Å²) in [5.74, 6) is 2.37. The fourth-order valence-electron chi connectivity index (χ4n) is 8.64. The molecule has 1 aromatic heterocycles. The van der Waals surface area contributed by atoms with Crippen LogP contribution in [0.5, 0.6) is 0 Å². The van der Waals surface area contributed by atoms with Gasteiger partial charge in [-0.3, -0.25) is 0 Å². The predicted molar refractivity (Wildman–Crippen MR) is 207 cm³/mol. The molecule has 0 saturated carbocycles. The van der Waals surface area contributed by atoms with Crippen LogP contribution in [0.1, 0.15) is 97.0 Å². The summed E-state index contributed by atoms with van der Waals surface area (Å²) in [5.41, 5.74) is 12.8. The molecule has 51 heavy (non-hydrogen) atoms. The molecule has 3 heteroatoms. The Morgan fingerprint density at radius 2 is 0.863 bits per heavy atom. The second-order valence-electron chi connectivity index (χ2n) is 15.2. The topological polar surface area (TPSA) is 38.7 Å². The maximum Gasteiger partial charge on any atom is 0.142 e. The van der Waals surface area contributed by atoms with Gasteiger partial charge in [-0.1, -0.05) is 153 Å². The first-order valence-electron chi connectivity index (χ1n) is 18.0. The summed E-state index contributed by atoms with van der Waals surface area (Å²) in [7, 11) is 0. The zero-order valence-corrected chi connectivity index (χ0v) is 29.9. The quantitative estimate of drug-likeness (QED) is 0.178. The van der Waals surface area contributed by atoms with Crippen LogP contribution in [-0.2, 0) is 16.2 Å². The molecule has 1 heterocycles. The molecule has 1 unspecified atom stereocenters. The van der Waals surface area contributed by atoms with Crippen LogP contribution < -0.4 is 0 Å². The number of nitrogens with zero attached hydrogens (tertiary/aromatic N) is 3. The van der Waals surface area contributed by atoms with E-state index in [-0.39, 0.29) is 11.3 Å². The lowest BCUT2D eigenvalue weighted by atomic mass is 9.70. The van der Waals surface area contributed by atoms with Crippen molar-refractivity contribution in [2.75, 3.05) is 0 Å². The number of benzene rings is 6. The summed E-state index contributed by atoms with van der Waals surface area (Å²) < 4.78 is 0. The molecule has 248 valence electrons. The number of hydrogen-bond donors (Lipinski definition) is 0. The highest BCUT2D eigenvalue weighted by atomic mass is 15.1. The Morgan fingerprint density at radius 1 is 0.431 bits per heavy atom. The standard InChI is InChI=1S/C48H41N3/c1-31(32-18-8-6-9-19-32)43-49-44(46(2,3)33-20-10-7-11-21-33)51-45(50-43)47(4,5)34-28-29-42-38(30-34)37-24-14-17-27-41(37)48(42)39-25-15-12-22-35(39)36-23-13-16-26-40(36)48/h6-31H,1-5H3. The highest BCUT2D eigenvalue weighted by Gasteiger charge is 2.51. The normalized spacial score (nSPS) is 14.5. The van der Waals surface area contributed by atoms with Gasteiger partial charge in [0.15, 0.2) is 0 Å². The fraction of sp³-hybridized carbons (Fsp3) is 0.188. The molecule has 0 fully saturated rings. The van der Waals surface area contributed by atoms with Gasteiger partial charge in [-0.15, -0.1) is 0 Å². The van der Waals surface area contributed by atoms with Gasteiger partial charge in [-0.25, -0.2) is 15.0 Å². The van der Waals surface area contributed by atoms with Crippen molar-refractivity contribution in [2.24, 2.45) is 0 Å². The van der Waals surface area contributed by atoms with Crippen molar-refractivity contribution in [3.8, 4) is 22.3 Å². The molecule has 3 nitrogen and oxygen atoms in total. The third kappa shape index (κ3) is 4.54. The molecule has 9 rings (SSSR count). The summed E-state index contributed by atoms with van der Waals surface area (Å²) >= 11 is 0. The number of aromatic nitrogens is 3. The highest BCUT2D eigenvalue weighted by Crippen LogP contribution is 2.63. The van der Waals surface area contributed by atoms with Crippen LogP contribution in [0.4, 0.5) is 0 Å². The van der Waals surface area contributed by atoms with Crippen molar-refractivity contribution in [2.45, 2.75) is 56.8 Å². The van der Waals surface area contributed by atoms with Crippen LogP contribution >= 0.6 is 0 Å². The van der Waals surface area contributed by atoms with E-state index in [1.165, 1.54) is 61.2 Å². The molecule has 0 aliphatic heterocycles. The molecule has 0 saturated heterocycles. The van der Waals surface area contributed by atoms with Crippen LogP contribution in [0.3, 0.4) is 0 Å². The molecule has 6 aromatic carbocycles. The van der Waals surface area contributed by atoms with Crippen molar-refractivity contribution < 1.29 is 0 Å². The third-order valence-corrected chi connectivity index (χ3v) is 11.7. The molecule has 0 radical (unpaired) electrons. The van der Waals surface area contributed by atoms with Gasteiger partial charge in [-0.05, 0) is 95.0 Å². The maximum atomic E-state index is 5.35. The Hall–Kier alpha value is -5.67. The summed E-state index contributed by atoms with van der Waals surface area (Å²) in [6, 6.07) is 55.2. The minimum Gasteiger partial charge on any atom is -0.216 e. The lowest BCUT2D eigenvalue weighted by Crippen LogP contribution is -2.30. The van der Waals surface area contributed by atoms with E-state index >= 15 is 0 Å². The molecule has 0 amide bonds. The molecular formula is C48H41N3. The summed E-state index contributed by atoms with van der Waals surface area (Å²) in [4.78, 5) is 15.9. The van der Waals surface area contributed by atoms with Gasteiger partial charge in [0.2, 0.25) is 0 Å². The Labute approximate surface area is 301 Å². The van der Waals surface area contributed by atoms with E-state index in [4.69, 9.17) is 15.0 Å². The first-order valence-corrected chi connectivity index (χ1v) is 18.0. The molecule has 2 aliphatic rings. The van der Waals surface area contributed by atoms with Gasteiger partial charge >= 0.3 is 0 Å². The second-order valence-corrected chi connectivity index (χ2v) is 15.2. The van der Waals surface area contributed by atoms with E-state index in [1.54, 1.807) is 0 Å². The first-order chi connectivity index (χ1) is 24.7. The third-order valence-electron chi connectivity index (χ3n) is 11.7. The van der Waals surface area contributed by atoms with E-state index in [0.29, 0.717) is 0 Å². The van der Waals surface area contributed by atoms with E-state index in [0.717, 1.165) is 17.5 Å². The van der Waals surface area contributed by atoms with Crippen molar-refractivity contribution in [3.63, 3.8) is 0 Å². The van der Waals surface area contributed by atoms with Crippen LogP contribution in [0.15, 0.2) is 152 Å². The largest absolute Gasteiger partial charge is 0.216 e. The lowest BCUT2D eigenvalue weighted by molar-refractivity contribution is 0.522. The van der Waals surface area contributed by atoms with Crippen molar-refractivity contribution in [3.05, 3.63) is 208 Å². The average molecular weight is 660 g/mol. The van der Waals surface area contributed by atoms with Gasteiger partial charge in [0.05, 0.1) is 5.41 Å². The summed E-state index contributed by atoms with van der Waals surface area (Å²) in [6.07, 6.45) is 0. The van der Waals surface area contributed by atoms with Crippen LogP contribution in [0.25, 0.3) is 22.3 Å². The second kappa shape index (κ2) is 11.4. The van der Waals surface area contributed by atoms with E-state index in [2.05, 4.69) is 186 Å². The average Bonchev–Trinajstić information content (AvgIpc) is 3.65. The fourth-order valence-corrected chi connectivity index (χ4v) is 8.64. The zero-order valence-electron chi connectivity index (χ0n) is 29.9. The van der Waals surface area contributed by atoms with Crippen molar-refractivity contribution in [1.82, 2.24) is 15.0 Å². The molecular weight excluding hydrogens is 619 g/mol. The minimum absolute atomic E-state index is 0.00309. The number of hydrogen-bond acceptors (Lipinski definition) is 3. The maximum absolute atomic E-state index is 5.35. The van der Waals surface area contributed by atoms with E-state index in [1.807, 2.05) is 0 Å². The molecule has 1 atom stereocenters. The monoisotopic (exact) mass is 659 g/mol. The Kier molecular flexibility index (Phi) is 7.02. The molecule has 0 N–H and O–H groups in total. The minimum atomic E-state index is -0.513. The lowest BCUT2D eigenvalue weighted by Gasteiger charge is -2.31. The first kappa shape index (κ1) is 31.3. The van der Waals surface area contributed by atoms with Crippen molar-refractivity contribution >= 4 is 0 Å². The molecule has 7 aromatic rings. The Bertz CT molecular complexity index is 2400. The summed E-state index contributed by atoms with van der Waals surface area (Å²) in [5, 5.41) is 0. The van der Waals surface area contributed by atoms with Gasteiger partial charge in [0, 0.05) is 16.7 Å². The van der Waals surface area contributed by atoms with Gasteiger partial charge in [0.25, 0.3) is 0 Å². The SMILES string of the molecule is CC(c1ccccc1)c1nc(C(C)(C)c2ccccc2)nc(C(C)(C)c2ccc3c(c2)-c2ccccc2C32c3ccccc3-c3ccccc32)n1. The Balaban J connectivity index is 1.23. The molecule has 2 aliphatic carbocycles. The smallest absolute Gasteiger partial charge is 0.142 e. The van der Waals surface area contributed by atoms with Crippen LogP contribution in [-0.4, -0.2) is 15.0 Å². The zero-order chi connectivity index (χ0) is 35.0. The van der Waals surface area contributed by atoms with Crippen molar-refractivity contribution in [1.29, 1.82) is 0 Å². The van der Waals surface area contributed by atoms with Crippen LogP contribution in [0, 0.1) is 0 Å². The summed E-state index contributed by atoms with van der Waals surface area (Å²) in [6.45, 7) is 11.2. The van der Waals surface area contributed by atoms with Gasteiger partial charge in [0.1, 0.15) is 17.5 Å². The molecule has 0 bridgehead atoms.